The second-order valence-corrected chi connectivity index (χ2v) is 9.83. The Morgan fingerprint density at radius 3 is 2.21 bits per heavy atom. The average molecular weight is 524 g/mol. The highest BCUT2D eigenvalue weighted by molar-refractivity contribution is 5.70. The van der Waals surface area contributed by atoms with Gasteiger partial charge in [-0.15, -0.1) is 0 Å². The molecule has 0 aliphatic carbocycles. The molecule has 5 rings (SSSR count). The molecule has 0 saturated carbocycles. The molecule has 1 aromatic heterocycles. The van der Waals surface area contributed by atoms with Gasteiger partial charge in [-0.25, -0.2) is 0 Å². The zero-order chi connectivity index (χ0) is 26.7. The molecule has 1 fully saturated rings. The van der Waals surface area contributed by atoms with E-state index in [0.717, 1.165) is 56.2 Å². The average Bonchev–Trinajstić information content (AvgIpc) is 3.44. The molecule has 3 aromatic carbocycles. The maximum atomic E-state index is 6.18. The van der Waals surface area contributed by atoms with Gasteiger partial charge in [-0.3, -0.25) is 4.90 Å². The van der Waals surface area contributed by atoms with Crippen LogP contribution >= 0.6 is 0 Å². The van der Waals surface area contributed by atoms with Crippen LogP contribution in [0.5, 0.6) is 5.75 Å². The largest absolute Gasteiger partial charge is 0.493 e. The molecular formula is C33H37N3O3. The molecule has 0 amide bonds. The molecule has 0 unspecified atom stereocenters. The molecular weight excluding hydrogens is 486 g/mol. The predicted molar refractivity (Wildman–Crippen MR) is 155 cm³/mol. The summed E-state index contributed by atoms with van der Waals surface area (Å²) in [6, 6.07) is 32.0. The zero-order valence-corrected chi connectivity index (χ0v) is 22.6. The first-order chi connectivity index (χ1) is 19.3. The Kier molecular flexibility index (Phi) is 9.58. The number of piperazine rings is 1. The number of nitrogens with zero attached hydrogens (tertiary/aromatic N) is 3. The van der Waals surface area contributed by atoms with Crippen LogP contribution < -0.4 is 4.74 Å². The molecule has 2 heterocycles. The summed E-state index contributed by atoms with van der Waals surface area (Å²) in [7, 11) is 1.64. The first-order valence-electron chi connectivity index (χ1n) is 13.7. The third-order valence-corrected chi connectivity index (χ3v) is 7.09. The molecule has 0 N–H and O–H groups in total. The van der Waals surface area contributed by atoms with Gasteiger partial charge in [0, 0.05) is 51.5 Å². The highest BCUT2D eigenvalue weighted by Gasteiger charge is 2.26. The van der Waals surface area contributed by atoms with Gasteiger partial charge in [0.25, 0.3) is 0 Å². The van der Waals surface area contributed by atoms with Crippen molar-refractivity contribution < 1.29 is 14.0 Å². The van der Waals surface area contributed by atoms with Crippen LogP contribution in [0.4, 0.5) is 0 Å². The SMILES string of the molecule is COCc1cc(C=Cc2ccccc2OCCCN2CCN(C(c3ccccc3)c3ccccc3)CC2)on1. The molecule has 0 radical (unpaired) electrons. The summed E-state index contributed by atoms with van der Waals surface area (Å²) in [6.45, 7) is 6.39. The zero-order valence-electron chi connectivity index (χ0n) is 22.6. The number of para-hydroxylation sites is 1. The Morgan fingerprint density at radius 1 is 0.846 bits per heavy atom. The second-order valence-electron chi connectivity index (χ2n) is 9.83. The summed E-state index contributed by atoms with van der Waals surface area (Å²) >= 11 is 0. The van der Waals surface area contributed by atoms with E-state index in [1.165, 1.54) is 11.1 Å². The highest BCUT2D eigenvalue weighted by Crippen LogP contribution is 2.29. The molecule has 6 nitrogen and oxygen atoms in total. The molecule has 202 valence electrons. The van der Waals surface area contributed by atoms with Crippen molar-refractivity contribution in [2.24, 2.45) is 0 Å². The summed E-state index contributed by atoms with van der Waals surface area (Å²) in [5, 5.41) is 4.00. The minimum atomic E-state index is 0.297. The third-order valence-electron chi connectivity index (χ3n) is 7.09. The highest BCUT2D eigenvalue weighted by atomic mass is 16.5. The van der Waals surface area contributed by atoms with Crippen molar-refractivity contribution in [1.82, 2.24) is 15.0 Å². The lowest BCUT2D eigenvalue weighted by atomic mass is 9.96. The van der Waals surface area contributed by atoms with Crippen molar-refractivity contribution >= 4 is 12.2 Å². The molecule has 4 aromatic rings. The molecule has 1 saturated heterocycles. The van der Waals surface area contributed by atoms with Crippen LogP contribution in [0, 0.1) is 0 Å². The Balaban J connectivity index is 1.10. The first kappa shape index (κ1) is 26.9. The minimum absolute atomic E-state index is 0.297. The van der Waals surface area contributed by atoms with Crippen molar-refractivity contribution in [1.29, 1.82) is 0 Å². The van der Waals surface area contributed by atoms with Gasteiger partial charge in [-0.2, -0.15) is 0 Å². The molecule has 39 heavy (non-hydrogen) atoms. The number of ether oxygens (including phenoxy) is 2. The van der Waals surface area contributed by atoms with Crippen LogP contribution in [0.3, 0.4) is 0 Å². The Morgan fingerprint density at radius 2 is 1.51 bits per heavy atom. The third kappa shape index (κ3) is 7.45. The number of methoxy groups -OCH3 is 1. The summed E-state index contributed by atoms with van der Waals surface area (Å²) in [5.41, 5.74) is 4.51. The van der Waals surface area contributed by atoms with E-state index in [4.69, 9.17) is 14.0 Å². The number of hydrogen-bond acceptors (Lipinski definition) is 6. The summed E-state index contributed by atoms with van der Waals surface area (Å²) in [6.07, 6.45) is 4.90. The van der Waals surface area contributed by atoms with Gasteiger partial charge in [0.1, 0.15) is 11.4 Å². The van der Waals surface area contributed by atoms with Gasteiger partial charge in [-0.05, 0) is 35.8 Å². The van der Waals surface area contributed by atoms with Gasteiger partial charge in [0.05, 0.1) is 19.3 Å². The Bertz CT molecular complexity index is 1260. The summed E-state index contributed by atoms with van der Waals surface area (Å²) < 4.78 is 16.6. The Hall–Kier alpha value is -3.71. The monoisotopic (exact) mass is 523 g/mol. The lowest BCUT2D eigenvalue weighted by Gasteiger charge is -2.39. The lowest BCUT2D eigenvalue weighted by molar-refractivity contribution is 0.105. The van der Waals surface area contributed by atoms with E-state index in [9.17, 15) is 0 Å². The van der Waals surface area contributed by atoms with E-state index in [2.05, 4.69) is 75.6 Å². The number of hydrogen-bond donors (Lipinski definition) is 0. The number of benzene rings is 3. The van der Waals surface area contributed by atoms with Gasteiger partial charge in [0.15, 0.2) is 5.76 Å². The van der Waals surface area contributed by atoms with Crippen LogP contribution in [0.1, 0.15) is 40.6 Å². The van der Waals surface area contributed by atoms with Gasteiger partial charge in [0.2, 0.25) is 0 Å². The normalized spacial score (nSPS) is 14.8. The Labute approximate surface area is 231 Å². The number of aromatic nitrogens is 1. The van der Waals surface area contributed by atoms with Crippen LogP contribution in [-0.4, -0.2) is 61.4 Å². The van der Waals surface area contributed by atoms with Crippen LogP contribution in [0.15, 0.2) is 95.5 Å². The van der Waals surface area contributed by atoms with Gasteiger partial charge < -0.3 is 18.9 Å². The predicted octanol–water partition coefficient (Wildman–Crippen LogP) is 6.17. The van der Waals surface area contributed by atoms with E-state index in [-0.39, 0.29) is 0 Å². The first-order valence-corrected chi connectivity index (χ1v) is 13.7. The standard InChI is InChI=1S/C33H37N3O3/c1-37-26-30-25-31(39-34-30)18-17-27-11-8-9-16-32(27)38-24-10-19-35-20-22-36(23-21-35)33(28-12-4-2-5-13-28)29-14-6-3-7-15-29/h2-9,11-18,25,33H,10,19-24,26H2,1H3. The van der Waals surface area contributed by atoms with Crippen LogP contribution in [0.2, 0.25) is 0 Å². The smallest absolute Gasteiger partial charge is 0.160 e. The maximum Gasteiger partial charge on any atom is 0.160 e. The van der Waals surface area contributed by atoms with Crippen molar-refractivity contribution in [2.75, 3.05) is 46.4 Å². The molecule has 1 aliphatic heterocycles. The van der Waals surface area contributed by atoms with Crippen molar-refractivity contribution in [3.8, 4) is 5.75 Å². The summed E-state index contributed by atoms with van der Waals surface area (Å²) in [4.78, 5) is 5.17. The van der Waals surface area contributed by atoms with E-state index >= 15 is 0 Å². The van der Waals surface area contributed by atoms with Crippen LogP contribution in [0.25, 0.3) is 12.2 Å². The van der Waals surface area contributed by atoms with E-state index in [1.54, 1.807) is 7.11 Å². The van der Waals surface area contributed by atoms with E-state index in [1.807, 2.05) is 42.5 Å². The van der Waals surface area contributed by atoms with Crippen molar-refractivity contribution in [2.45, 2.75) is 19.1 Å². The second kappa shape index (κ2) is 13.9. The van der Waals surface area contributed by atoms with Crippen LogP contribution in [-0.2, 0) is 11.3 Å². The lowest BCUT2D eigenvalue weighted by Crippen LogP contribution is -2.48. The molecule has 6 heteroatoms. The maximum absolute atomic E-state index is 6.18. The number of rotatable bonds is 12. The van der Waals surface area contributed by atoms with Crippen molar-refractivity contribution in [3.05, 3.63) is 119 Å². The quantitative estimate of drug-likeness (QED) is 0.207. The van der Waals surface area contributed by atoms with Gasteiger partial charge >= 0.3 is 0 Å². The molecule has 0 spiro atoms. The topological polar surface area (TPSA) is 51.0 Å². The van der Waals surface area contributed by atoms with Gasteiger partial charge in [-0.1, -0.05) is 84.0 Å². The fraction of sp³-hybridized carbons (Fsp3) is 0.303. The van der Waals surface area contributed by atoms with Crippen molar-refractivity contribution in [3.63, 3.8) is 0 Å². The molecule has 1 aliphatic rings. The minimum Gasteiger partial charge on any atom is -0.493 e. The fourth-order valence-corrected chi connectivity index (χ4v) is 5.14. The molecule has 0 atom stereocenters. The van der Waals surface area contributed by atoms with E-state index < -0.39 is 0 Å². The molecule has 0 bridgehead atoms. The van der Waals surface area contributed by atoms with E-state index in [0.29, 0.717) is 25.0 Å². The summed E-state index contributed by atoms with van der Waals surface area (Å²) in [5.74, 6) is 1.57. The fourth-order valence-electron chi connectivity index (χ4n) is 5.14.